The van der Waals surface area contributed by atoms with Gasteiger partial charge in [-0.05, 0) is 31.9 Å². The number of carbonyl (C=O) groups is 1. The molecule has 3 rings (SSSR count). The highest BCUT2D eigenvalue weighted by Crippen LogP contribution is 2.29. The molecule has 2 aromatic rings. The van der Waals surface area contributed by atoms with Crippen molar-refractivity contribution in [1.29, 1.82) is 0 Å². The lowest BCUT2D eigenvalue weighted by Gasteiger charge is -2.32. The highest BCUT2D eigenvalue weighted by Gasteiger charge is 2.29. The van der Waals surface area contributed by atoms with Gasteiger partial charge in [0.1, 0.15) is 0 Å². The first-order chi connectivity index (χ1) is 12.4. The first-order valence-electron chi connectivity index (χ1n) is 8.79. The fourth-order valence-electron chi connectivity index (χ4n) is 3.29. The van der Waals surface area contributed by atoms with E-state index in [1.54, 1.807) is 31.2 Å². The average molecular weight is 375 g/mol. The second-order valence-electron chi connectivity index (χ2n) is 6.87. The summed E-state index contributed by atoms with van der Waals surface area (Å²) in [6.45, 7) is 2.04. The van der Waals surface area contributed by atoms with Gasteiger partial charge >= 0.3 is 0 Å². The van der Waals surface area contributed by atoms with Gasteiger partial charge in [-0.15, -0.1) is 0 Å². The number of nitrogens with two attached hydrogens (primary N) is 1. The Kier molecular flexibility index (Phi) is 5.44. The Hall–Kier alpha value is -2.18. The van der Waals surface area contributed by atoms with E-state index >= 15 is 0 Å². The van der Waals surface area contributed by atoms with Gasteiger partial charge in [-0.2, -0.15) is 0 Å². The predicted molar refractivity (Wildman–Crippen MR) is 102 cm³/mol. The number of nitrogens with one attached hydrogen (secondary N) is 1. The van der Waals surface area contributed by atoms with Crippen molar-refractivity contribution in [2.75, 3.05) is 12.3 Å². The minimum atomic E-state index is -0.780. The van der Waals surface area contributed by atoms with Crippen molar-refractivity contribution < 1.29 is 9.90 Å². The summed E-state index contributed by atoms with van der Waals surface area (Å²) in [6.07, 6.45) is 4.62. The van der Waals surface area contributed by atoms with Crippen LogP contribution in [0.25, 0.3) is 11.3 Å². The van der Waals surface area contributed by atoms with E-state index in [9.17, 15) is 9.90 Å². The molecule has 1 aliphatic rings. The van der Waals surface area contributed by atoms with Gasteiger partial charge in [0.15, 0.2) is 0 Å². The standard InChI is InChI=1S/C19H23ClN4O2/c1-12-15(20)16(24-18(21)23-12)13-5-7-14(8-6-13)17(25)22-11-19(26)9-3-2-4-10-19/h5-8,26H,2-4,9-11H2,1H3,(H,22,25)(H2,21,23,24). The number of hydrogen-bond acceptors (Lipinski definition) is 5. The van der Waals surface area contributed by atoms with Gasteiger partial charge in [0.2, 0.25) is 5.95 Å². The van der Waals surface area contributed by atoms with Gasteiger partial charge < -0.3 is 16.2 Å². The number of nitrogens with zero attached hydrogens (tertiary/aromatic N) is 2. The van der Waals surface area contributed by atoms with E-state index in [2.05, 4.69) is 15.3 Å². The zero-order valence-electron chi connectivity index (χ0n) is 14.8. The van der Waals surface area contributed by atoms with Crippen LogP contribution in [0.15, 0.2) is 24.3 Å². The van der Waals surface area contributed by atoms with Gasteiger partial charge in [0.25, 0.3) is 5.91 Å². The van der Waals surface area contributed by atoms with E-state index in [1.165, 1.54) is 0 Å². The van der Waals surface area contributed by atoms with Crippen molar-refractivity contribution in [3.05, 3.63) is 40.5 Å². The number of aliphatic hydroxyl groups is 1. The van der Waals surface area contributed by atoms with Crippen LogP contribution in [0.5, 0.6) is 0 Å². The third-order valence-electron chi connectivity index (χ3n) is 4.82. The molecule has 7 heteroatoms. The molecular formula is C19H23ClN4O2. The molecule has 1 aromatic heterocycles. The highest BCUT2D eigenvalue weighted by atomic mass is 35.5. The Balaban J connectivity index is 1.70. The van der Waals surface area contributed by atoms with Crippen LogP contribution in [-0.2, 0) is 0 Å². The van der Waals surface area contributed by atoms with Crippen molar-refractivity contribution in [2.45, 2.75) is 44.6 Å². The van der Waals surface area contributed by atoms with Crippen molar-refractivity contribution in [1.82, 2.24) is 15.3 Å². The molecule has 4 N–H and O–H groups in total. The Morgan fingerprint density at radius 1 is 1.23 bits per heavy atom. The van der Waals surface area contributed by atoms with Gasteiger partial charge in [0.05, 0.1) is 22.0 Å². The summed E-state index contributed by atoms with van der Waals surface area (Å²) in [5.41, 5.74) is 7.34. The Morgan fingerprint density at radius 2 is 1.88 bits per heavy atom. The fourth-order valence-corrected chi connectivity index (χ4v) is 3.48. The molecule has 1 fully saturated rings. The largest absolute Gasteiger partial charge is 0.388 e. The van der Waals surface area contributed by atoms with E-state index in [0.717, 1.165) is 37.7 Å². The maximum Gasteiger partial charge on any atom is 0.251 e. The highest BCUT2D eigenvalue weighted by molar-refractivity contribution is 6.33. The normalized spacial score (nSPS) is 16.3. The predicted octanol–water partition coefficient (Wildman–Crippen LogP) is 3.11. The quantitative estimate of drug-likeness (QED) is 0.763. The summed E-state index contributed by atoms with van der Waals surface area (Å²) in [5, 5.41) is 13.8. The lowest BCUT2D eigenvalue weighted by molar-refractivity contribution is 0.00526. The topological polar surface area (TPSA) is 101 Å². The molecule has 0 aliphatic heterocycles. The number of benzene rings is 1. The van der Waals surface area contributed by atoms with Gasteiger partial charge in [-0.1, -0.05) is 43.0 Å². The van der Waals surface area contributed by atoms with E-state index in [1.807, 2.05) is 0 Å². The third-order valence-corrected chi connectivity index (χ3v) is 5.27. The van der Waals surface area contributed by atoms with Gasteiger partial charge in [-0.3, -0.25) is 4.79 Å². The smallest absolute Gasteiger partial charge is 0.251 e. The molecule has 1 saturated carbocycles. The summed E-state index contributed by atoms with van der Waals surface area (Å²) in [7, 11) is 0. The number of aryl methyl sites for hydroxylation is 1. The molecule has 0 atom stereocenters. The molecule has 0 radical (unpaired) electrons. The Morgan fingerprint density at radius 3 is 2.54 bits per heavy atom. The minimum absolute atomic E-state index is 0.157. The summed E-state index contributed by atoms with van der Waals surface area (Å²) >= 11 is 6.27. The maximum atomic E-state index is 12.4. The summed E-state index contributed by atoms with van der Waals surface area (Å²) in [5.74, 6) is -0.0514. The van der Waals surface area contributed by atoms with Crippen molar-refractivity contribution in [3.8, 4) is 11.3 Å². The lowest BCUT2D eigenvalue weighted by Crippen LogP contribution is -2.44. The number of nitrogen functional groups attached to an aromatic ring is 1. The summed E-state index contributed by atoms with van der Waals surface area (Å²) in [6, 6.07) is 6.97. The summed E-state index contributed by atoms with van der Waals surface area (Å²) in [4.78, 5) is 20.6. The number of rotatable bonds is 4. The first-order valence-corrected chi connectivity index (χ1v) is 9.16. The van der Waals surface area contributed by atoms with Crippen LogP contribution < -0.4 is 11.1 Å². The molecule has 26 heavy (non-hydrogen) atoms. The molecule has 0 spiro atoms. The monoisotopic (exact) mass is 374 g/mol. The molecule has 0 saturated heterocycles. The first kappa shape index (κ1) is 18.6. The van der Waals surface area contributed by atoms with E-state index in [-0.39, 0.29) is 18.4 Å². The Labute approximate surface area is 157 Å². The molecule has 0 unspecified atom stereocenters. The second kappa shape index (κ2) is 7.60. The Bertz CT molecular complexity index is 802. The molecule has 1 amide bonds. The third kappa shape index (κ3) is 4.14. The molecular weight excluding hydrogens is 352 g/mol. The van der Waals surface area contributed by atoms with Crippen molar-refractivity contribution in [2.24, 2.45) is 0 Å². The van der Waals surface area contributed by atoms with E-state index in [4.69, 9.17) is 17.3 Å². The lowest BCUT2D eigenvalue weighted by atomic mass is 9.85. The van der Waals surface area contributed by atoms with Gasteiger partial charge in [0, 0.05) is 17.7 Å². The van der Waals surface area contributed by atoms with E-state index < -0.39 is 5.60 Å². The number of carbonyl (C=O) groups excluding carboxylic acids is 1. The molecule has 138 valence electrons. The number of hydrogen-bond donors (Lipinski definition) is 3. The zero-order chi connectivity index (χ0) is 18.7. The van der Waals surface area contributed by atoms with Gasteiger partial charge in [-0.25, -0.2) is 9.97 Å². The molecule has 1 aliphatic carbocycles. The minimum Gasteiger partial charge on any atom is -0.388 e. The van der Waals surface area contributed by atoms with Crippen LogP contribution in [-0.4, -0.2) is 33.1 Å². The number of amides is 1. The number of aromatic nitrogens is 2. The molecule has 6 nitrogen and oxygen atoms in total. The van der Waals surface area contributed by atoms with Crippen LogP contribution in [0.1, 0.15) is 48.2 Å². The van der Waals surface area contributed by atoms with E-state index in [0.29, 0.717) is 22.0 Å². The fraction of sp³-hybridized carbons (Fsp3) is 0.421. The van der Waals surface area contributed by atoms with Crippen molar-refractivity contribution >= 4 is 23.5 Å². The molecule has 0 bridgehead atoms. The van der Waals surface area contributed by atoms with Crippen LogP contribution >= 0.6 is 11.6 Å². The number of anilines is 1. The van der Waals surface area contributed by atoms with Crippen molar-refractivity contribution in [3.63, 3.8) is 0 Å². The van der Waals surface area contributed by atoms with Crippen LogP contribution in [0.4, 0.5) is 5.95 Å². The molecule has 1 heterocycles. The zero-order valence-corrected chi connectivity index (χ0v) is 15.5. The molecule has 1 aromatic carbocycles. The van der Waals surface area contributed by atoms with Crippen LogP contribution in [0, 0.1) is 6.92 Å². The SMILES string of the molecule is Cc1nc(N)nc(-c2ccc(C(=O)NCC3(O)CCCCC3)cc2)c1Cl. The second-order valence-corrected chi connectivity index (χ2v) is 7.25. The summed E-state index contributed by atoms with van der Waals surface area (Å²) < 4.78 is 0. The van der Waals surface area contributed by atoms with Crippen LogP contribution in [0.2, 0.25) is 5.02 Å². The van der Waals surface area contributed by atoms with Crippen LogP contribution in [0.3, 0.4) is 0 Å². The average Bonchev–Trinajstić information content (AvgIpc) is 2.63. The maximum absolute atomic E-state index is 12.4. The number of halogens is 1.